The molecule has 0 saturated carbocycles. The maximum Gasteiger partial charge on any atom is 0.446 e. The predicted octanol–water partition coefficient (Wildman–Crippen LogP) is 3.89. The van der Waals surface area contributed by atoms with Gasteiger partial charge in [-0.1, -0.05) is 26.7 Å². The number of hydrogen-bond acceptors (Lipinski definition) is 4. The van der Waals surface area contributed by atoms with E-state index in [9.17, 15) is 8.42 Å². The smallest absolute Gasteiger partial charge is 0.371 e. The summed E-state index contributed by atoms with van der Waals surface area (Å²) >= 11 is 0. The van der Waals surface area contributed by atoms with Gasteiger partial charge in [-0.05, 0) is 49.9 Å². The molecule has 0 saturated heterocycles. The molecule has 0 aromatic heterocycles. The molecule has 126 valence electrons. The molecule has 0 fully saturated rings. The minimum Gasteiger partial charge on any atom is -0.371 e. The number of unbranched alkanes of at least 4 members (excludes halogenated alkanes) is 2. The van der Waals surface area contributed by atoms with Crippen LogP contribution < -0.4 is 9.08 Å². The summed E-state index contributed by atoms with van der Waals surface area (Å²) in [5, 5.41) is 0. The van der Waals surface area contributed by atoms with E-state index in [1.54, 1.807) is 13.0 Å². The number of rotatable bonds is 9. The molecule has 0 aliphatic rings. The van der Waals surface area contributed by atoms with Crippen molar-refractivity contribution in [2.45, 2.75) is 53.4 Å². The van der Waals surface area contributed by atoms with Gasteiger partial charge >= 0.3 is 10.4 Å². The fourth-order valence-electron chi connectivity index (χ4n) is 2.37. The van der Waals surface area contributed by atoms with Gasteiger partial charge in [0.1, 0.15) is 5.75 Å². The van der Waals surface area contributed by atoms with Crippen LogP contribution in [-0.4, -0.2) is 26.1 Å². The van der Waals surface area contributed by atoms with E-state index in [2.05, 4.69) is 22.9 Å². The zero-order valence-corrected chi connectivity index (χ0v) is 14.7. The molecule has 0 amide bonds. The highest BCUT2D eigenvalue weighted by atomic mass is 32.3. The van der Waals surface area contributed by atoms with Gasteiger partial charge in [0.15, 0.2) is 0 Å². The summed E-state index contributed by atoms with van der Waals surface area (Å²) in [6.45, 7) is 10.0. The molecule has 0 heterocycles. The number of anilines is 1. The van der Waals surface area contributed by atoms with Crippen molar-refractivity contribution in [2.24, 2.45) is 0 Å². The average molecular weight is 329 g/mol. The number of hydrogen-bond donors (Lipinski definition) is 1. The molecule has 0 aliphatic heterocycles. The molecule has 0 aliphatic carbocycles. The van der Waals surface area contributed by atoms with Crippen molar-refractivity contribution in [3.63, 3.8) is 0 Å². The van der Waals surface area contributed by atoms with Crippen molar-refractivity contribution in [2.75, 3.05) is 18.0 Å². The standard InChI is InChI=1S/C16H27NO4S/c1-5-7-9-17(10-8-6-2)15-11-14(4)16(12-13(15)3)21-22(18,19)20/h11-12H,5-10H2,1-4H3,(H,18,19,20). The third kappa shape index (κ3) is 5.85. The Hall–Kier alpha value is -1.27. The third-order valence-electron chi connectivity index (χ3n) is 3.59. The highest BCUT2D eigenvalue weighted by Crippen LogP contribution is 2.30. The van der Waals surface area contributed by atoms with Crippen LogP contribution in [0.5, 0.6) is 5.75 Å². The lowest BCUT2D eigenvalue weighted by molar-refractivity contribution is 0.385. The predicted molar refractivity (Wildman–Crippen MR) is 90.1 cm³/mol. The number of benzene rings is 1. The van der Waals surface area contributed by atoms with Gasteiger partial charge < -0.3 is 9.08 Å². The minimum atomic E-state index is -4.49. The fraction of sp³-hybridized carbons (Fsp3) is 0.625. The van der Waals surface area contributed by atoms with Gasteiger partial charge in [-0.2, -0.15) is 8.42 Å². The molecule has 1 rings (SSSR count). The van der Waals surface area contributed by atoms with Crippen LogP contribution in [-0.2, 0) is 10.4 Å². The Labute approximate surface area is 134 Å². The van der Waals surface area contributed by atoms with E-state index in [4.69, 9.17) is 4.55 Å². The first kappa shape index (κ1) is 18.8. The average Bonchev–Trinajstić information content (AvgIpc) is 2.42. The van der Waals surface area contributed by atoms with Crippen molar-refractivity contribution < 1.29 is 17.2 Å². The minimum absolute atomic E-state index is 0.176. The zero-order valence-electron chi connectivity index (χ0n) is 13.9. The van der Waals surface area contributed by atoms with Gasteiger partial charge in [0.05, 0.1) is 0 Å². The van der Waals surface area contributed by atoms with Crippen LogP contribution in [0.4, 0.5) is 5.69 Å². The summed E-state index contributed by atoms with van der Waals surface area (Å²) in [6, 6.07) is 3.60. The molecule has 6 heteroatoms. The largest absolute Gasteiger partial charge is 0.446 e. The Kier molecular flexibility index (Phi) is 7.16. The molecule has 0 bridgehead atoms. The normalized spacial score (nSPS) is 11.5. The van der Waals surface area contributed by atoms with Crippen molar-refractivity contribution >= 4 is 16.1 Å². The summed E-state index contributed by atoms with van der Waals surface area (Å²) in [4.78, 5) is 2.34. The molecule has 5 nitrogen and oxygen atoms in total. The van der Waals surface area contributed by atoms with Gasteiger partial charge in [0.25, 0.3) is 0 Å². The molecule has 0 radical (unpaired) electrons. The zero-order chi connectivity index (χ0) is 16.8. The van der Waals surface area contributed by atoms with Crippen molar-refractivity contribution in [3.05, 3.63) is 23.3 Å². The van der Waals surface area contributed by atoms with Crippen LogP contribution in [0.15, 0.2) is 12.1 Å². The highest BCUT2D eigenvalue weighted by Gasteiger charge is 2.15. The van der Waals surface area contributed by atoms with E-state index in [-0.39, 0.29) is 5.75 Å². The van der Waals surface area contributed by atoms with Crippen molar-refractivity contribution in [3.8, 4) is 5.75 Å². The van der Waals surface area contributed by atoms with Gasteiger partial charge in [-0.25, -0.2) is 0 Å². The van der Waals surface area contributed by atoms with Crippen molar-refractivity contribution in [1.82, 2.24) is 0 Å². The molecule has 0 spiro atoms. The van der Waals surface area contributed by atoms with Crippen LogP contribution in [0.2, 0.25) is 0 Å². The lowest BCUT2D eigenvalue weighted by Crippen LogP contribution is -2.26. The summed E-state index contributed by atoms with van der Waals surface area (Å²) in [7, 11) is -4.49. The second-order valence-electron chi connectivity index (χ2n) is 5.61. The van der Waals surface area contributed by atoms with Crippen LogP contribution in [0, 0.1) is 13.8 Å². The van der Waals surface area contributed by atoms with Gasteiger partial charge in [-0.3, -0.25) is 4.55 Å². The van der Waals surface area contributed by atoms with Gasteiger partial charge in [-0.15, -0.1) is 0 Å². The lowest BCUT2D eigenvalue weighted by atomic mass is 10.1. The van der Waals surface area contributed by atoms with E-state index in [0.29, 0.717) is 5.56 Å². The second-order valence-corrected chi connectivity index (χ2v) is 6.63. The van der Waals surface area contributed by atoms with Crippen LogP contribution in [0.3, 0.4) is 0 Å². The Morgan fingerprint density at radius 3 is 2.05 bits per heavy atom. The van der Waals surface area contributed by atoms with Crippen LogP contribution in [0.25, 0.3) is 0 Å². The molecule has 1 aromatic rings. The van der Waals surface area contributed by atoms with E-state index in [1.165, 1.54) is 0 Å². The molecule has 0 atom stereocenters. The first-order valence-corrected chi connectivity index (χ1v) is 9.18. The Balaban J connectivity index is 3.08. The van der Waals surface area contributed by atoms with E-state index in [1.807, 2.05) is 13.0 Å². The summed E-state index contributed by atoms with van der Waals surface area (Å²) in [6.07, 6.45) is 4.49. The van der Waals surface area contributed by atoms with Gasteiger partial charge in [0, 0.05) is 18.8 Å². The second kappa shape index (κ2) is 8.39. The maximum absolute atomic E-state index is 10.9. The molecular weight excluding hydrogens is 302 g/mol. The summed E-state index contributed by atoms with van der Waals surface area (Å²) < 4.78 is 35.2. The molecule has 22 heavy (non-hydrogen) atoms. The van der Waals surface area contributed by atoms with Gasteiger partial charge in [0.2, 0.25) is 0 Å². The summed E-state index contributed by atoms with van der Waals surface area (Å²) in [5.74, 6) is 0.176. The molecule has 1 aromatic carbocycles. The number of nitrogens with zero attached hydrogens (tertiary/aromatic N) is 1. The first-order valence-electron chi connectivity index (χ1n) is 7.81. The quantitative estimate of drug-likeness (QED) is 0.696. The molecule has 1 N–H and O–H groups in total. The topological polar surface area (TPSA) is 66.8 Å². The fourth-order valence-corrected chi connectivity index (χ4v) is 2.78. The van der Waals surface area contributed by atoms with Crippen LogP contribution >= 0.6 is 0 Å². The first-order chi connectivity index (χ1) is 10.3. The van der Waals surface area contributed by atoms with E-state index < -0.39 is 10.4 Å². The summed E-state index contributed by atoms with van der Waals surface area (Å²) in [5.41, 5.74) is 2.73. The SMILES string of the molecule is CCCCN(CCCC)c1cc(C)c(OS(=O)(=O)O)cc1C. The Morgan fingerprint density at radius 2 is 1.59 bits per heavy atom. The number of aryl methyl sites for hydroxylation is 2. The molecular formula is C16H27NO4S. The maximum atomic E-state index is 10.9. The molecule has 0 unspecified atom stereocenters. The van der Waals surface area contributed by atoms with E-state index >= 15 is 0 Å². The highest BCUT2D eigenvalue weighted by molar-refractivity contribution is 7.81. The lowest BCUT2D eigenvalue weighted by Gasteiger charge is -2.27. The Morgan fingerprint density at radius 1 is 1.05 bits per heavy atom. The Bertz CT molecular complexity index is 576. The van der Waals surface area contributed by atoms with E-state index in [0.717, 1.165) is 50.0 Å². The third-order valence-corrected chi connectivity index (χ3v) is 3.98. The monoisotopic (exact) mass is 329 g/mol. The van der Waals surface area contributed by atoms with Crippen LogP contribution in [0.1, 0.15) is 50.7 Å². The van der Waals surface area contributed by atoms with Crippen molar-refractivity contribution in [1.29, 1.82) is 0 Å².